The van der Waals surface area contributed by atoms with Crippen molar-refractivity contribution in [2.75, 3.05) is 0 Å². The van der Waals surface area contributed by atoms with Crippen molar-refractivity contribution in [1.82, 2.24) is 9.55 Å². The summed E-state index contributed by atoms with van der Waals surface area (Å²) in [7, 11) is 0. The van der Waals surface area contributed by atoms with E-state index < -0.39 is 0 Å². The van der Waals surface area contributed by atoms with Gasteiger partial charge in [-0.05, 0) is 32.1 Å². The van der Waals surface area contributed by atoms with E-state index in [0.29, 0.717) is 0 Å². The summed E-state index contributed by atoms with van der Waals surface area (Å²) in [5.74, 6) is 0.823. The molecule has 0 spiro atoms. The molecule has 2 rings (SSSR count). The van der Waals surface area contributed by atoms with E-state index in [1.807, 2.05) is 6.08 Å². The fourth-order valence-electron chi connectivity index (χ4n) is 2.26. The molecule has 0 radical (unpaired) electrons. The monoisotopic (exact) mass is 206 g/mol. The Morgan fingerprint density at radius 1 is 1.40 bits per heavy atom. The number of allylic oxidation sites excluding steroid dienone is 1. The smallest absolute Gasteiger partial charge is 0.135 e. The maximum absolute atomic E-state index is 9.26. The van der Waals surface area contributed by atoms with Crippen LogP contribution in [0.15, 0.2) is 12.7 Å². The van der Waals surface area contributed by atoms with E-state index in [1.54, 1.807) is 0 Å². The Morgan fingerprint density at radius 2 is 2.20 bits per heavy atom. The molecule has 1 aromatic heterocycles. The van der Waals surface area contributed by atoms with Crippen LogP contribution in [0.5, 0.6) is 0 Å². The average Bonchev–Trinajstić information content (AvgIpc) is 2.64. The lowest BCUT2D eigenvalue weighted by Gasteiger charge is -2.14. The summed E-state index contributed by atoms with van der Waals surface area (Å²) in [5.41, 5.74) is 2.54. The summed E-state index contributed by atoms with van der Waals surface area (Å²) in [5, 5.41) is 9.26. The van der Waals surface area contributed by atoms with Crippen molar-refractivity contribution in [3.05, 3.63) is 29.9 Å². The molecular formula is C12H18N2O. The molecule has 0 saturated carbocycles. The molecule has 1 aliphatic rings. The molecule has 0 atom stereocenters. The Morgan fingerprint density at radius 3 is 2.93 bits per heavy atom. The van der Waals surface area contributed by atoms with E-state index in [9.17, 15) is 5.11 Å². The molecule has 0 unspecified atom stereocenters. The predicted molar refractivity (Wildman–Crippen MR) is 59.6 cm³/mol. The molecule has 1 heterocycles. The Balaban J connectivity index is 2.30. The Labute approximate surface area is 90.5 Å². The van der Waals surface area contributed by atoms with Gasteiger partial charge < -0.3 is 9.67 Å². The van der Waals surface area contributed by atoms with E-state index in [2.05, 4.69) is 16.1 Å². The second-order valence-corrected chi connectivity index (χ2v) is 4.02. The minimum atomic E-state index is 0.0458. The maximum atomic E-state index is 9.26. The normalized spacial score (nSPS) is 15.0. The molecule has 0 bridgehead atoms. The highest BCUT2D eigenvalue weighted by Gasteiger charge is 2.18. The zero-order valence-electron chi connectivity index (χ0n) is 9.08. The van der Waals surface area contributed by atoms with Gasteiger partial charge in [0.05, 0.1) is 5.69 Å². The first-order chi connectivity index (χ1) is 7.36. The number of rotatable bonds is 4. The molecule has 15 heavy (non-hydrogen) atoms. The average molecular weight is 206 g/mol. The molecule has 0 fully saturated rings. The SMILES string of the molecule is C=CCCn1c(CO)nc2c1CCCC2. The number of aromatic nitrogens is 2. The maximum Gasteiger partial charge on any atom is 0.135 e. The number of nitrogens with zero attached hydrogens (tertiary/aromatic N) is 2. The summed E-state index contributed by atoms with van der Waals surface area (Å²) in [6.07, 6.45) is 7.52. The number of aryl methyl sites for hydroxylation is 1. The lowest BCUT2D eigenvalue weighted by molar-refractivity contribution is 0.264. The first kappa shape index (κ1) is 10.4. The van der Waals surface area contributed by atoms with Crippen molar-refractivity contribution in [1.29, 1.82) is 0 Å². The first-order valence-electron chi connectivity index (χ1n) is 5.65. The number of hydrogen-bond acceptors (Lipinski definition) is 2. The Kier molecular flexibility index (Phi) is 3.21. The van der Waals surface area contributed by atoms with E-state index in [-0.39, 0.29) is 6.61 Å². The summed E-state index contributed by atoms with van der Waals surface area (Å²) in [6, 6.07) is 0. The summed E-state index contributed by atoms with van der Waals surface area (Å²) in [6.45, 7) is 4.68. The number of aliphatic hydroxyl groups is 1. The van der Waals surface area contributed by atoms with E-state index in [0.717, 1.165) is 31.6 Å². The van der Waals surface area contributed by atoms with E-state index >= 15 is 0 Å². The second-order valence-electron chi connectivity index (χ2n) is 4.02. The van der Waals surface area contributed by atoms with Crippen molar-refractivity contribution < 1.29 is 5.11 Å². The highest BCUT2D eigenvalue weighted by molar-refractivity contribution is 5.20. The third kappa shape index (κ3) is 1.97. The van der Waals surface area contributed by atoms with Gasteiger partial charge in [-0.3, -0.25) is 0 Å². The third-order valence-corrected chi connectivity index (χ3v) is 3.01. The quantitative estimate of drug-likeness (QED) is 0.763. The Hall–Kier alpha value is -1.09. The number of hydrogen-bond donors (Lipinski definition) is 1. The fraction of sp³-hybridized carbons (Fsp3) is 0.583. The topological polar surface area (TPSA) is 38.0 Å². The summed E-state index contributed by atoms with van der Waals surface area (Å²) < 4.78 is 2.18. The van der Waals surface area contributed by atoms with Gasteiger partial charge in [-0.25, -0.2) is 4.98 Å². The van der Waals surface area contributed by atoms with Gasteiger partial charge in [0.25, 0.3) is 0 Å². The van der Waals surface area contributed by atoms with Crippen LogP contribution in [-0.2, 0) is 26.0 Å². The van der Waals surface area contributed by atoms with Crippen molar-refractivity contribution in [3.8, 4) is 0 Å². The van der Waals surface area contributed by atoms with Crippen LogP contribution in [-0.4, -0.2) is 14.7 Å². The predicted octanol–water partition coefficient (Wildman–Crippen LogP) is 1.83. The van der Waals surface area contributed by atoms with Crippen molar-refractivity contribution >= 4 is 0 Å². The minimum Gasteiger partial charge on any atom is -0.388 e. The number of aliphatic hydroxyl groups excluding tert-OH is 1. The third-order valence-electron chi connectivity index (χ3n) is 3.01. The van der Waals surface area contributed by atoms with Crippen LogP contribution >= 0.6 is 0 Å². The Bertz CT molecular complexity index is 355. The van der Waals surface area contributed by atoms with Crippen LogP contribution in [0.2, 0.25) is 0 Å². The molecule has 3 nitrogen and oxygen atoms in total. The van der Waals surface area contributed by atoms with Crippen LogP contribution in [0.4, 0.5) is 0 Å². The lowest BCUT2D eigenvalue weighted by atomic mass is 10.0. The van der Waals surface area contributed by atoms with Gasteiger partial charge in [-0.15, -0.1) is 6.58 Å². The van der Waals surface area contributed by atoms with Crippen LogP contribution in [0, 0.1) is 0 Å². The molecule has 1 aliphatic carbocycles. The lowest BCUT2D eigenvalue weighted by Crippen LogP contribution is -2.10. The van der Waals surface area contributed by atoms with Crippen molar-refractivity contribution in [2.45, 2.75) is 45.3 Å². The van der Waals surface area contributed by atoms with Gasteiger partial charge in [0.2, 0.25) is 0 Å². The highest BCUT2D eigenvalue weighted by atomic mass is 16.3. The van der Waals surface area contributed by atoms with Crippen LogP contribution in [0.3, 0.4) is 0 Å². The van der Waals surface area contributed by atoms with Gasteiger partial charge >= 0.3 is 0 Å². The summed E-state index contributed by atoms with van der Waals surface area (Å²) in [4.78, 5) is 4.50. The molecule has 0 aromatic carbocycles. The molecule has 3 heteroatoms. The van der Waals surface area contributed by atoms with Gasteiger partial charge in [0.15, 0.2) is 0 Å². The standard InChI is InChI=1S/C12H18N2O/c1-2-3-8-14-11-7-5-4-6-10(11)13-12(14)9-15/h2,15H,1,3-9H2. The minimum absolute atomic E-state index is 0.0458. The van der Waals surface area contributed by atoms with Gasteiger partial charge in [-0.2, -0.15) is 0 Å². The first-order valence-corrected chi connectivity index (χ1v) is 5.65. The van der Waals surface area contributed by atoms with Crippen LogP contribution < -0.4 is 0 Å². The van der Waals surface area contributed by atoms with Crippen LogP contribution in [0.1, 0.15) is 36.5 Å². The molecule has 0 aliphatic heterocycles. The van der Waals surface area contributed by atoms with Crippen molar-refractivity contribution in [2.24, 2.45) is 0 Å². The molecular weight excluding hydrogens is 188 g/mol. The largest absolute Gasteiger partial charge is 0.388 e. The zero-order chi connectivity index (χ0) is 10.7. The molecule has 1 N–H and O–H groups in total. The van der Waals surface area contributed by atoms with E-state index in [4.69, 9.17) is 0 Å². The van der Waals surface area contributed by atoms with Gasteiger partial charge in [0, 0.05) is 12.2 Å². The highest BCUT2D eigenvalue weighted by Crippen LogP contribution is 2.22. The molecule has 0 amide bonds. The number of fused-ring (bicyclic) bond motifs is 1. The van der Waals surface area contributed by atoms with Gasteiger partial charge in [0.1, 0.15) is 12.4 Å². The number of imidazole rings is 1. The summed E-state index contributed by atoms with van der Waals surface area (Å²) >= 11 is 0. The zero-order valence-corrected chi connectivity index (χ0v) is 9.08. The van der Waals surface area contributed by atoms with Gasteiger partial charge in [-0.1, -0.05) is 6.08 Å². The molecule has 82 valence electrons. The van der Waals surface area contributed by atoms with E-state index in [1.165, 1.54) is 24.2 Å². The van der Waals surface area contributed by atoms with Crippen molar-refractivity contribution in [3.63, 3.8) is 0 Å². The molecule has 0 saturated heterocycles. The second kappa shape index (κ2) is 4.62. The fourth-order valence-corrected chi connectivity index (χ4v) is 2.26. The van der Waals surface area contributed by atoms with Crippen LogP contribution in [0.25, 0.3) is 0 Å². The molecule has 1 aromatic rings.